The quantitative estimate of drug-likeness (QED) is 0.818. The third kappa shape index (κ3) is 6.29. The van der Waals surface area contributed by atoms with Gasteiger partial charge in [0.25, 0.3) is 0 Å². The van der Waals surface area contributed by atoms with Crippen molar-refractivity contribution in [1.29, 1.82) is 0 Å². The number of nitrogens with one attached hydrogen (secondary N) is 2. The van der Waals surface area contributed by atoms with E-state index in [1.807, 2.05) is 20.8 Å². The van der Waals surface area contributed by atoms with Crippen molar-refractivity contribution in [1.82, 2.24) is 20.6 Å². The topological polar surface area (TPSA) is 66.9 Å². The van der Waals surface area contributed by atoms with Crippen LogP contribution in [0.25, 0.3) is 0 Å². The molecule has 1 aromatic rings. The van der Waals surface area contributed by atoms with Crippen LogP contribution in [0.3, 0.4) is 0 Å². The first-order chi connectivity index (χ1) is 8.78. The van der Waals surface area contributed by atoms with Gasteiger partial charge >= 0.3 is 0 Å². The number of carbonyl (C=O) groups excluding carboxylic acids is 1. The molecule has 1 atom stereocenters. The molecule has 1 heterocycles. The van der Waals surface area contributed by atoms with Gasteiger partial charge in [0.1, 0.15) is 0 Å². The van der Waals surface area contributed by atoms with Gasteiger partial charge in [-0.1, -0.05) is 0 Å². The third-order valence-electron chi connectivity index (χ3n) is 2.80. The zero-order valence-electron chi connectivity index (χ0n) is 12.4. The molecule has 106 valence electrons. The average Bonchev–Trinajstić information content (AvgIpc) is 2.25. The highest BCUT2D eigenvalue weighted by atomic mass is 16.1. The van der Waals surface area contributed by atoms with Crippen molar-refractivity contribution in [3.63, 3.8) is 0 Å². The van der Waals surface area contributed by atoms with Crippen LogP contribution in [0, 0.1) is 6.92 Å². The molecule has 1 aromatic heterocycles. The number of rotatable bonds is 6. The van der Waals surface area contributed by atoms with E-state index in [4.69, 9.17) is 0 Å². The van der Waals surface area contributed by atoms with Crippen molar-refractivity contribution < 1.29 is 4.79 Å². The van der Waals surface area contributed by atoms with E-state index in [9.17, 15) is 4.79 Å². The molecule has 0 aliphatic carbocycles. The summed E-state index contributed by atoms with van der Waals surface area (Å²) in [6.45, 7) is 10.3. The van der Waals surface area contributed by atoms with E-state index in [1.165, 1.54) is 0 Å². The molecule has 5 nitrogen and oxygen atoms in total. The van der Waals surface area contributed by atoms with Crippen LogP contribution in [0.15, 0.2) is 12.4 Å². The summed E-state index contributed by atoms with van der Waals surface area (Å²) >= 11 is 0. The maximum atomic E-state index is 11.1. The van der Waals surface area contributed by atoms with E-state index in [-0.39, 0.29) is 17.5 Å². The molecule has 0 aliphatic heterocycles. The molecule has 19 heavy (non-hydrogen) atoms. The van der Waals surface area contributed by atoms with Gasteiger partial charge in [0.15, 0.2) is 0 Å². The van der Waals surface area contributed by atoms with Gasteiger partial charge in [0, 0.05) is 37.4 Å². The maximum Gasteiger partial charge on any atom is 0.217 e. The third-order valence-corrected chi connectivity index (χ3v) is 2.80. The molecular formula is C14H24N4O. The fourth-order valence-electron chi connectivity index (χ4n) is 2.15. The van der Waals surface area contributed by atoms with E-state index < -0.39 is 0 Å². The van der Waals surface area contributed by atoms with E-state index in [1.54, 1.807) is 19.3 Å². The SMILES string of the molecule is CC(=O)NC(C)(C)CC(C)NCc1cnc(C)cn1. The summed E-state index contributed by atoms with van der Waals surface area (Å²) in [5.74, 6) is 0.00148. The Morgan fingerprint density at radius 3 is 2.58 bits per heavy atom. The van der Waals surface area contributed by atoms with Crippen LogP contribution in [0.4, 0.5) is 0 Å². The summed E-state index contributed by atoms with van der Waals surface area (Å²) in [5, 5.41) is 6.34. The highest BCUT2D eigenvalue weighted by Crippen LogP contribution is 2.11. The van der Waals surface area contributed by atoms with Gasteiger partial charge in [-0.25, -0.2) is 0 Å². The number of aromatic nitrogens is 2. The maximum absolute atomic E-state index is 11.1. The van der Waals surface area contributed by atoms with Crippen molar-refractivity contribution in [3.05, 3.63) is 23.8 Å². The summed E-state index contributed by atoms with van der Waals surface area (Å²) in [5.41, 5.74) is 1.63. The second-order valence-electron chi connectivity index (χ2n) is 5.70. The Bertz CT molecular complexity index is 414. The number of amides is 1. The van der Waals surface area contributed by atoms with E-state index in [0.29, 0.717) is 6.54 Å². The average molecular weight is 264 g/mol. The van der Waals surface area contributed by atoms with Gasteiger partial charge in [0.2, 0.25) is 5.91 Å². The lowest BCUT2D eigenvalue weighted by Crippen LogP contribution is -2.46. The van der Waals surface area contributed by atoms with Crippen LogP contribution in [0.1, 0.15) is 45.5 Å². The van der Waals surface area contributed by atoms with Crippen LogP contribution < -0.4 is 10.6 Å². The first-order valence-electron chi connectivity index (χ1n) is 6.58. The molecule has 0 saturated heterocycles. The normalized spacial score (nSPS) is 13.1. The van der Waals surface area contributed by atoms with Crippen LogP contribution in [0.2, 0.25) is 0 Å². The minimum atomic E-state index is -0.211. The number of carbonyl (C=O) groups is 1. The lowest BCUT2D eigenvalue weighted by Gasteiger charge is -2.29. The highest BCUT2D eigenvalue weighted by Gasteiger charge is 2.21. The summed E-state index contributed by atoms with van der Waals surface area (Å²) < 4.78 is 0. The smallest absolute Gasteiger partial charge is 0.217 e. The van der Waals surface area contributed by atoms with Gasteiger partial charge in [-0.05, 0) is 34.1 Å². The zero-order valence-corrected chi connectivity index (χ0v) is 12.4. The van der Waals surface area contributed by atoms with E-state index in [2.05, 4.69) is 27.5 Å². The van der Waals surface area contributed by atoms with E-state index >= 15 is 0 Å². The van der Waals surface area contributed by atoms with Gasteiger partial charge in [-0.2, -0.15) is 0 Å². The Morgan fingerprint density at radius 2 is 2.05 bits per heavy atom. The fourth-order valence-corrected chi connectivity index (χ4v) is 2.15. The van der Waals surface area contributed by atoms with E-state index in [0.717, 1.165) is 17.8 Å². The fraction of sp³-hybridized carbons (Fsp3) is 0.643. The number of nitrogens with zero attached hydrogens (tertiary/aromatic N) is 2. The molecule has 0 bridgehead atoms. The predicted octanol–water partition coefficient (Wildman–Crippen LogP) is 1.57. The van der Waals surface area contributed by atoms with Crippen molar-refractivity contribution in [2.45, 2.75) is 59.2 Å². The van der Waals surface area contributed by atoms with Gasteiger partial charge < -0.3 is 10.6 Å². The Kier molecular flexibility index (Phi) is 5.42. The summed E-state index contributed by atoms with van der Waals surface area (Å²) in [7, 11) is 0. The van der Waals surface area contributed by atoms with Crippen LogP contribution in [-0.2, 0) is 11.3 Å². The predicted molar refractivity (Wildman–Crippen MR) is 75.6 cm³/mol. The molecule has 1 rings (SSSR count). The summed E-state index contributed by atoms with van der Waals surface area (Å²) in [6, 6.07) is 0.282. The number of hydrogen-bond donors (Lipinski definition) is 2. The van der Waals surface area contributed by atoms with Crippen molar-refractivity contribution >= 4 is 5.91 Å². The molecule has 1 amide bonds. The first kappa shape index (κ1) is 15.6. The minimum absolute atomic E-state index is 0.00148. The van der Waals surface area contributed by atoms with Gasteiger partial charge in [-0.15, -0.1) is 0 Å². The van der Waals surface area contributed by atoms with Crippen LogP contribution >= 0.6 is 0 Å². The zero-order chi connectivity index (χ0) is 14.5. The molecule has 0 aromatic carbocycles. The van der Waals surface area contributed by atoms with Crippen LogP contribution in [-0.4, -0.2) is 27.5 Å². The lowest BCUT2D eigenvalue weighted by atomic mass is 9.96. The summed E-state index contributed by atoms with van der Waals surface area (Å²) in [6.07, 6.45) is 4.41. The monoisotopic (exact) mass is 264 g/mol. The number of hydrogen-bond acceptors (Lipinski definition) is 4. The summed E-state index contributed by atoms with van der Waals surface area (Å²) in [4.78, 5) is 19.6. The second-order valence-corrected chi connectivity index (χ2v) is 5.70. The Hall–Kier alpha value is -1.49. The minimum Gasteiger partial charge on any atom is -0.351 e. The van der Waals surface area contributed by atoms with Crippen molar-refractivity contribution in [3.8, 4) is 0 Å². The largest absolute Gasteiger partial charge is 0.351 e. The van der Waals surface area contributed by atoms with Gasteiger partial charge in [-0.3, -0.25) is 14.8 Å². The highest BCUT2D eigenvalue weighted by molar-refractivity contribution is 5.73. The Morgan fingerprint density at radius 1 is 1.37 bits per heavy atom. The lowest BCUT2D eigenvalue weighted by molar-refractivity contribution is -0.120. The standard InChI is InChI=1S/C14H24N4O/c1-10(6-14(4,5)18-12(3)19)15-8-13-9-16-11(2)7-17-13/h7,9-10,15H,6,8H2,1-5H3,(H,18,19). The van der Waals surface area contributed by atoms with Crippen molar-refractivity contribution in [2.75, 3.05) is 0 Å². The molecule has 0 radical (unpaired) electrons. The molecule has 0 aliphatic rings. The van der Waals surface area contributed by atoms with Crippen LogP contribution in [0.5, 0.6) is 0 Å². The number of aryl methyl sites for hydroxylation is 1. The molecule has 1 unspecified atom stereocenters. The second kappa shape index (κ2) is 6.61. The Balaban J connectivity index is 2.41. The molecule has 0 saturated carbocycles. The Labute approximate surface area is 115 Å². The molecule has 0 spiro atoms. The molecule has 5 heteroatoms. The first-order valence-corrected chi connectivity index (χ1v) is 6.58. The molecular weight excluding hydrogens is 240 g/mol. The van der Waals surface area contributed by atoms with Gasteiger partial charge in [0.05, 0.1) is 11.4 Å². The molecule has 2 N–H and O–H groups in total. The molecule has 0 fully saturated rings. The van der Waals surface area contributed by atoms with Crippen molar-refractivity contribution in [2.24, 2.45) is 0 Å².